The molecule has 0 saturated carbocycles. The summed E-state index contributed by atoms with van der Waals surface area (Å²) in [5.74, 6) is -0.574. The topological polar surface area (TPSA) is 114 Å². The Kier molecular flexibility index (Phi) is 9.52. The van der Waals surface area contributed by atoms with E-state index in [1.807, 2.05) is 40.0 Å². The summed E-state index contributed by atoms with van der Waals surface area (Å²) < 4.78 is 54.2. The van der Waals surface area contributed by atoms with Gasteiger partial charge in [-0.25, -0.2) is 13.2 Å². The molecule has 0 aliphatic carbocycles. The molecule has 0 bridgehead atoms. The number of nitrogens with zero attached hydrogens (tertiary/aromatic N) is 5. The predicted octanol–water partition coefficient (Wildman–Crippen LogP) is 6.94. The minimum absolute atomic E-state index is 0.00501. The number of halogens is 3. The van der Waals surface area contributed by atoms with Gasteiger partial charge in [0, 0.05) is 84.9 Å². The molecule has 286 valence electrons. The van der Waals surface area contributed by atoms with Crippen molar-refractivity contribution in [1.82, 2.24) is 19.7 Å². The van der Waals surface area contributed by atoms with E-state index in [-0.39, 0.29) is 29.5 Å². The van der Waals surface area contributed by atoms with E-state index in [4.69, 9.17) is 4.74 Å². The number of amides is 2. The number of ether oxygens (including phenoxy) is 1. The van der Waals surface area contributed by atoms with E-state index in [9.17, 15) is 23.2 Å². The molecule has 11 nitrogen and oxygen atoms in total. The lowest BCUT2D eigenvalue weighted by Gasteiger charge is -2.34. The maximum atomic E-state index is 15.3. The van der Waals surface area contributed by atoms with Crippen molar-refractivity contribution in [3.05, 3.63) is 93.8 Å². The number of carbonyl (C=O) groups excluding carboxylic acids is 2. The summed E-state index contributed by atoms with van der Waals surface area (Å²) in [5.41, 5.74) is 5.52. The van der Waals surface area contributed by atoms with Crippen LogP contribution >= 0.6 is 0 Å². The fourth-order valence-electron chi connectivity index (χ4n) is 8.28. The number of rotatable bonds is 8. The number of nitrogens with one attached hydrogen (secondary N) is 2. The second kappa shape index (κ2) is 14.5. The average molecular weight is 754 g/mol. The zero-order valence-corrected chi connectivity index (χ0v) is 30.9. The van der Waals surface area contributed by atoms with Crippen LogP contribution in [-0.4, -0.2) is 58.9 Å². The van der Waals surface area contributed by atoms with Gasteiger partial charge in [0.15, 0.2) is 0 Å². The maximum absolute atomic E-state index is 15.3. The number of anilines is 4. The lowest BCUT2D eigenvalue weighted by Crippen LogP contribution is -2.47. The van der Waals surface area contributed by atoms with Crippen molar-refractivity contribution in [2.24, 2.45) is 7.05 Å². The van der Waals surface area contributed by atoms with Gasteiger partial charge in [0.25, 0.3) is 12.0 Å². The highest BCUT2D eigenvalue weighted by atomic mass is 19.3. The van der Waals surface area contributed by atoms with E-state index < -0.39 is 24.2 Å². The van der Waals surface area contributed by atoms with E-state index in [0.29, 0.717) is 83.9 Å². The fourth-order valence-corrected chi connectivity index (χ4v) is 8.28. The zero-order valence-electron chi connectivity index (χ0n) is 30.9. The predicted molar refractivity (Wildman–Crippen MR) is 205 cm³/mol. The molecule has 8 rings (SSSR count). The first kappa shape index (κ1) is 36.2. The second-order valence-corrected chi connectivity index (χ2v) is 14.6. The third-order valence-electron chi connectivity index (χ3n) is 11.2. The van der Waals surface area contributed by atoms with Gasteiger partial charge in [0.05, 0.1) is 36.2 Å². The summed E-state index contributed by atoms with van der Waals surface area (Å²) in [6.45, 7) is 3.53. The zero-order chi connectivity index (χ0) is 38.5. The molecule has 5 heterocycles. The number of hydrogen-bond donors (Lipinski definition) is 2. The van der Waals surface area contributed by atoms with Gasteiger partial charge in [-0.05, 0) is 86.6 Å². The summed E-state index contributed by atoms with van der Waals surface area (Å²) >= 11 is 0. The van der Waals surface area contributed by atoms with E-state index >= 15 is 4.39 Å². The Morgan fingerprint density at radius 2 is 1.75 bits per heavy atom. The van der Waals surface area contributed by atoms with Crippen LogP contribution in [-0.2, 0) is 23.1 Å². The Morgan fingerprint density at radius 1 is 0.945 bits per heavy atom. The first-order valence-electron chi connectivity index (χ1n) is 18.6. The van der Waals surface area contributed by atoms with Crippen molar-refractivity contribution in [3.8, 4) is 16.9 Å². The Bertz CT molecular complexity index is 2380. The van der Waals surface area contributed by atoms with Crippen molar-refractivity contribution < 1.29 is 27.5 Å². The molecule has 2 amide bonds. The molecule has 3 aliphatic rings. The molecular weight excluding hydrogens is 711 g/mol. The van der Waals surface area contributed by atoms with Crippen molar-refractivity contribution in [2.75, 3.05) is 41.9 Å². The van der Waals surface area contributed by atoms with Gasteiger partial charge in [-0.2, -0.15) is 5.10 Å². The van der Waals surface area contributed by atoms with Crippen molar-refractivity contribution in [2.45, 2.75) is 64.0 Å². The molecule has 1 unspecified atom stereocenters. The summed E-state index contributed by atoms with van der Waals surface area (Å²) in [5, 5.41) is 10.8. The van der Waals surface area contributed by atoms with Gasteiger partial charge in [0.1, 0.15) is 17.6 Å². The Balaban J connectivity index is 1.02. The number of alkyl halides is 2. The Hall–Kier alpha value is -5.79. The molecule has 0 spiro atoms. The molecule has 3 aromatic carbocycles. The van der Waals surface area contributed by atoms with Gasteiger partial charge in [-0.3, -0.25) is 24.4 Å². The molecule has 14 heteroatoms. The molecule has 55 heavy (non-hydrogen) atoms. The molecule has 3 aliphatic heterocycles. The highest BCUT2D eigenvalue weighted by Crippen LogP contribution is 2.44. The number of imide groups is 1. The van der Waals surface area contributed by atoms with Crippen LogP contribution in [0.15, 0.2) is 65.7 Å². The monoisotopic (exact) mass is 753 g/mol. The molecular formula is C41H42F3N7O4. The minimum Gasteiger partial charge on any atom is -0.497 e. The SMILES string of the molecule is COc1cc(N2CCCc3cc(-c4cnn(C5CCN(c6ccc(NC7CCC(=O)NC7=O)cc6F)CC5)c4)c(C(F)F)cc32)c2cc(C)c(=O)n(C)c2c1. The standard InChI is InChI=1S/C41H42F3N7O4/c1-23-15-31-36(48(2)41(23)54)18-28(55-3)19-37(31)50-12-4-5-24-16-29(30(39(43)44)20-35(24)50)25-21-45-51(22-25)27-10-13-49(14-11-27)34-8-6-26(17-32(34)42)46-33-7-9-38(52)47-40(33)53/h6,8,15-22,27,33,39,46H,4-5,7,9-14H2,1-3H3,(H,47,52,53). The second-order valence-electron chi connectivity index (χ2n) is 14.6. The molecule has 1 atom stereocenters. The number of aromatic nitrogens is 3. The van der Waals surface area contributed by atoms with Crippen molar-refractivity contribution in [1.29, 1.82) is 0 Å². The van der Waals surface area contributed by atoms with Crippen LogP contribution in [0.25, 0.3) is 22.0 Å². The number of aryl methyl sites for hydroxylation is 3. The molecule has 0 radical (unpaired) electrons. The van der Waals surface area contributed by atoms with Gasteiger partial charge >= 0.3 is 0 Å². The number of benzene rings is 3. The first-order valence-corrected chi connectivity index (χ1v) is 18.6. The number of fused-ring (bicyclic) bond motifs is 2. The smallest absolute Gasteiger partial charge is 0.264 e. The van der Waals surface area contributed by atoms with Crippen LogP contribution in [0, 0.1) is 12.7 Å². The van der Waals surface area contributed by atoms with Crippen LogP contribution in [0.1, 0.15) is 61.3 Å². The number of carbonyl (C=O) groups is 2. The Labute approximate surface area is 315 Å². The van der Waals surface area contributed by atoms with Gasteiger partial charge in [-0.15, -0.1) is 0 Å². The fraction of sp³-hybridized carbons (Fsp3) is 0.366. The van der Waals surface area contributed by atoms with Crippen LogP contribution in [0.5, 0.6) is 5.75 Å². The van der Waals surface area contributed by atoms with Crippen LogP contribution < -0.4 is 30.7 Å². The van der Waals surface area contributed by atoms with Crippen LogP contribution in [0.4, 0.5) is 35.9 Å². The third-order valence-corrected chi connectivity index (χ3v) is 11.2. The molecule has 2 N–H and O–H groups in total. The Morgan fingerprint density at radius 3 is 2.47 bits per heavy atom. The minimum atomic E-state index is -2.73. The average Bonchev–Trinajstić information content (AvgIpc) is 3.68. The number of piperidine rings is 2. The largest absolute Gasteiger partial charge is 0.497 e. The normalized spacial score (nSPS) is 17.8. The van der Waals surface area contributed by atoms with E-state index in [1.165, 1.54) is 6.07 Å². The van der Waals surface area contributed by atoms with E-state index in [2.05, 4.69) is 20.6 Å². The van der Waals surface area contributed by atoms with Crippen molar-refractivity contribution in [3.63, 3.8) is 0 Å². The van der Waals surface area contributed by atoms with Crippen LogP contribution in [0.3, 0.4) is 0 Å². The quantitative estimate of drug-likeness (QED) is 0.164. The number of pyridine rings is 1. The highest BCUT2D eigenvalue weighted by Gasteiger charge is 2.29. The highest BCUT2D eigenvalue weighted by molar-refractivity contribution is 6.01. The van der Waals surface area contributed by atoms with Gasteiger partial charge in [0.2, 0.25) is 11.8 Å². The van der Waals surface area contributed by atoms with Crippen molar-refractivity contribution >= 4 is 45.5 Å². The van der Waals surface area contributed by atoms with E-state index in [0.717, 1.165) is 29.5 Å². The summed E-state index contributed by atoms with van der Waals surface area (Å²) in [6, 6.07) is 13.2. The van der Waals surface area contributed by atoms with Crippen LogP contribution in [0.2, 0.25) is 0 Å². The van der Waals surface area contributed by atoms with E-state index in [1.54, 1.807) is 50.0 Å². The third kappa shape index (κ3) is 6.78. The maximum Gasteiger partial charge on any atom is 0.264 e. The lowest BCUT2D eigenvalue weighted by atomic mass is 9.92. The first-order chi connectivity index (χ1) is 26.5. The molecule has 2 saturated heterocycles. The molecule has 5 aromatic rings. The lowest BCUT2D eigenvalue weighted by molar-refractivity contribution is -0.133. The summed E-state index contributed by atoms with van der Waals surface area (Å²) in [6.07, 6.45) is 4.20. The van der Waals surface area contributed by atoms with Gasteiger partial charge < -0.3 is 24.4 Å². The summed E-state index contributed by atoms with van der Waals surface area (Å²) in [7, 11) is 3.29. The molecule has 2 fully saturated rings. The number of methoxy groups -OCH3 is 1. The molecule has 2 aromatic heterocycles. The number of hydrogen-bond acceptors (Lipinski definition) is 8. The summed E-state index contributed by atoms with van der Waals surface area (Å²) in [4.78, 5) is 40.4. The van der Waals surface area contributed by atoms with Gasteiger partial charge in [-0.1, -0.05) is 0 Å².